The van der Waals surface area contributed by atoms with Crippen molar-refractivity contribution < 1.29 is 8.42 Å². The Labute approximate surface area is 137 Å². The van der Waals surface area contributed by atoms with Crippen molar-refractivity contribution in [3.8, 4) is 11.4 Å². The van der Waals surface area contributed by atoms with Crippen molar-refractivity contribution in [1.82, 2.24) is 18.8 Å². The maximum Gasteiger partial charge on any atom is 0.213 e. The summed E-state index contributed by atoms with van der Waals surface area (Å²) in [7, 11) is -3.08. The van der Waals surface area contributed by atoms with Crippen LogP contribution in [0.2, 0.25) is 0 Å². The molecule has 0 aromatic carbocycles. The number of hydrogen-bond acceptors (Lipinski definition) is 4. The molecular weight excluding hydrogens is 312 g/mol. The quantitative estimate of drug-likeness (QED) is 0.838. The number of aryl methyl sites for hydroxylation is 1. The molecule has 1 aliphatic rings. The van der Waals surface area contributed by atoms with Gasteiger partial charge in [-0.15, -0.1) is 0 Å². The van der Waals surface area contributed by atoms with Crippen molar-refractivity contribution in [2.45, 2.75) is 26.8 Å². The molecule has 1 saturated heterocycles. The predicted octanol–water partition coefficient (Wildman–Crippen LogP) is 1.93. The normalized spacial score (nSPS) is 19.3. The minimum atomic E-state index is -3.08. The zero-order valence-corrected chi connectivity index (χ0v) is 14.3. The van der Waals surface area contributed by atoms with Gasteiger partial charge in [0, 0.05) is 49.5 Å². The minimum absolute atomic E-state index is 0.173. The molecule has 0 saturated carbocycles. The molecule has 0 spiro atoms. The van der Waals surface area contributed by atoms with E-state index in [0.717, 1.165) is 30.0 Å². The summed E-state index contributed by atoms with van der Waals surface area (Å²) in [5.74, 6) is 1.41. The number of hydrogen-bond donors (Lipinski definition) is 0. The second-order valence-corrected chi connectivity index (χ2v) is 8.24. The lowest BCUT2D eigenvalue weighted by atomic mass is 10.1. The Morgan fingerprint density at radius 2 is 2.04 bits per heavy atom. The van der Waals surface area contributed by atoms with Gasteiger partial charge in [0.05, 0.1) is 5.75 Å². The summed E-state index contributed by atoms with van der Waals surface area (Å²) < 4.78 is 27.8. The lowest BCUT2D eigenvalue weighted by Gasteiger charge is -2.17. The summed E-state index contributed by atoms with van der Waals surface area (Å²) in [4.78, 5) is 8.56. The van der Waals surface area contributed by atoms with Gasteiger partial charge in [-0.25, -0.2) is 17.7 Å². The fourth-order valence-electron chi connectivity index (χ4n) is 3.06. The predicted molar refractivity (Wildman–Crippen MR) is 89.3 cm³/mol. The maximum atomic E-state index is 12.0. The average Bonchev–Trinajstić information content (AvgIpc) is 3.17. The summed E-state index contributed by atoms with van der Waals surface area (Å²) in [6, 6.07) is 3.89. The highest BCUT2D eigenvalue weighted by molar-refractivity contribution is 7.89. The standard InChI is InChI=1S/C16H22N4O2S/c1-3-23(21,22)19-9-6-14(11-19)12-20-13(2)10-18-16(20)15-4-7-17-8-5-15/h4-5,7-8,10,14H,3,6,9,11-12H2,1-2H3. The molecule has 2 aromatic heterocycles. The van der Waals surface area contributed by atoms with Crippen molar-refractivity contribution in [1.29, 1.82) is 0 Å². The van der Waals surface area contributed by atoms with E-state index < -0.39 is 10.0 Å². The molecule has 0 amide bonds. The molecular formula is C16H22N4O2S. The molecule has 1 unspecified atom stereocenters. The van der Waals surface area contributed by atoms with E-state index in [1.165, 1.54) is 0 Å². The molecule has 1 aliphatic heterocycles. The van der Waals surface area contributed by atoms with Gasteiger partial charge in [-0.2, -0.15) is 0 Å². The summed E-state index contributed by atoms with van der Waals surface area (Å²) in [5, 5.41) is 0. The first-order chi connectivity index (χ1) is 11.0. The third-order valence-corrected chi connectivity index (χ3v) is 6.29. The van der Waals surface area contributed by atoms with Crippen molar-refractivity contribution in [2.75, 3.05) is 18.8 Å². The Hall–Kier alpha value is -1.73. The molecule has 0 N–H and O–H groups in total. The first-order valence-electron chi connectivity index (χ1n) is 7.91. The Balaban J connectivity index is 1.79. The monoisotopic (exact) mass is 334 g/mol. The maximum absolute atomic E-state index is 12.0. The van der Waals surface area contributed by atoms with Crippen LogP contribution >= 0.6 is 0 Å². The van der Waals surface area contributed by atoms with Gasteiger partial charge in [-0.05, 0) is 38.3 Å². The van der Waals surface area contributed by atoms with E-state index in [2.05, 4.69) is 14.5 Å². The van der Waals surface area contributed by atoms with Gasteiger partial charge in [0.25, 0.3) is 0 Å². The van der Waals surface area contributed by atoms with Crippen LogP contribution in [-0.2, 0) is 16.6 Å². The number of nitrogens with zero attached hydrogens (tertiary/aromatic N) is 4. The SMILES string of the molecule is CCS(=O)(=O)N1CCC(Cn2c(C)cnc2-c2ccncc2)C1. The highest BCUT2D eigenvalue weighted by atomic mass is 32.2. The van der Waals surface area contributed by atoms with Gasteiger partial charge >= 0.3 is 0 Å². The van der Waals surface area contributed by atoms with Crippen LogP contribution in [0.3, 0.4) is 0 Å². The summed E-state index contributed by atoms with van der Waals surface area (Å²) in [6.07, 6.45) is 6.28. The minimum Gasteiger partial charge on any atom is -0.328 e. The van der Waals surface area contributed by atoms with Gasteiger partial charge in [0.15, 0.2) is 0 Å². The first-order valence-corrected chi connectivity index (χ1v) is 9.52. The number of pyridine rings is 1. The van der Waals surface area contributed by atoms with Gasteiger partial charge in [-0.1, -0.05) is 0 Å². The third kappa shape index (κ3) is 3.30. The van der Waals surface area contributed by atoms with E-state index >= 15 is 0 Å². The first kappa shape index (κ1) is 16.1. The topological polar surface area (TPSA) is 68.1 Å². The molecule has 3 rings (SSSR count). The van der Waals surface area contributed by atoms with Crippen LogP contribution in [-0.4, -0.2) is 46.1 Å². The zero-order valence-electron chi connectivity index (χ0n) is 13.5. The van der Waals surface area contributed by atoms with Crippen LogP contribution in [0.25, 0.3) is 11.4 Å². The van der Waals surface area contributed by atoms with Crippen LogP contribution in [0.15, 0.2) is 30.7 Å². The number of aromatic nitrogens is 3. The lowest BCUT2D eigenvalue weighted by Crippen LogP contribution is -2.30. The largest absolute Gasteiger partial charge is 0.328 e. The van der Waals surface area contributed by atoms with E-state index in [1.54, 1.807) is 23.6 Å². The third-order valence-electron chi connectivity index (χ3n) is 4.44. The molecule has 1 atom stereocenters. The number of sulfonamides is 1. The molecule has 0 aliphatic carbocycles. The van der Waals surface area contributed by atoms with Crippen LogP contribution in [0, 0.1) is 12.8 Å². The van der Waals surface area contributed by atoms with Crippen LogP contribution in [0.5, 0.6) is 0 Å². The molecule has 124 valence electrons. The summed E-state index contributed by atoms with van der Waals surface area (Å²) in [6.45, 7) is 5.75. The fraction of sp³-hybridized carbons (Fsp3) is 0.500. The Morgan fingerprint density at radius 3 is 2.74 bits per heavy atom. The Kier molecular flexibility index (Phi) is 4.50. The molecule has 7 heteroatoms. The van der Waals surface area contributed by atoms with Gasteiger partial charge in [-0.3, -0.25) is 4.98 Å². The highest BCUT2D eigenvalue weighted by Gasteiger charge is 2.30. The number of imidazole rings is 1. The van der Waals surface area contributed by atoms with Crippen LogP contribution in [0.4, 0.5) is 0 Å². The molecule has 0 bridgehead atoms. The smallest absolute Gasteiger partial charge is 0.213 e. The lowest BCUT2D eigenvalue weighted by molar-refractivity contribution is 0.428. The summed E-state index contributed by atoms with van der Waals surface area (Å²) in [5.41, 5.74) is 2.12. The second kappa shape index (κ2) is 6.41. The highest BCUT2D eigenvalue weighted by Crippen LogP contribution is 2.25. The zero-order chi connectivity index (χ0) is 16.4. The van der Waals surface area contributed by atoms with Crippen molar-refractivity contribution >= 4 is 10.0 Å². The number of rotatable bonds is 5. The van der Waals surface area contributed by atoms with E-state index in [4.69, 9.17) is 0 Å². The Morgan fingerprint density at radius 1 is 1.30 bits per heavy atom. The van der Waals surface area contributed by atoms with Crippen molar-refractivity contribution in [2.24, 2.45) is 5.92 Å². The molecule has 2 aromatic rings. The molecule has 3 heterocycles. The van der Waals surface area contributed by atoms with Crippen molar-refractivity contribution in [3.63, 3.8) is 0 Å². The van der Waals surface area contributed by atoms with Crippen LogP contribution in [0.1, 0.15) is 19.0 Å². The summed E-state index contributed by atoms with van der Waals surface area (Å²) >= 11 is 0. The molecule has 1 fully saturated rings. The van der Waals surface area contributed by atoms with Gasteiger partial charge in [0.1, 0.15) is 5.82 Å². The van der Waals surface area contributed by atoms with E-state index in [0.29, 0.717) is 19.0 Å². The van der Waals surface area contributed by atoms with Crippen LogP contribution < -0.4 is 0 Å². The molecule has 6 nitrogen and oxygen atoms in total. The van der Waals surface area contributed by atoms with Gasteiger partial charge < -0.3 is 4.57 Å². The van der Waals surface area contributed by atoms with E-state index in [1.807, 2.05) is 25.3 Å². The van der Waals surface area contributed by atoms with E-state index in [-0.39, 0.29) is 5.75 Å². The van der Waals surface area contributed by atoms with Gasteiger partial charge in [0.2, 0.25) is 10.0 Å². The second-order valence-electron chi connectivity index (χ2n) is 5.98. The molecule has 0 radical (unpaired) electrons. The van der Waals surface area contributed by atoms with E-state index in [9.17, 15) is 8.42 Å². The Bertz CT molecular complexity index is 771. The average molecular weight is 334 g/mol. The molecule has 23 heavy (non-hydrogen) atoms. The van der Waals surface area contributed by atoms with Crippen molar-refractivity contribution in [3.05, 3.63) is 36.4 Å². The fourth-order valence-corrected chi connectivity index (χ4v) is 4.25.